The third-order valence-corrected chi connectivity index (χ3v) is 3.07. The molecule has 2 aromatic rings. The third kappa shape index (κ3) is 6.99. The quantitative estimate of drug-likeness (QED) is 0.743. The summed E-state index contributed by atoms with van der Waals surface area (Å²) in [6, 6.07) is 10.2. The highest BCUT2D eigenvalue weighted by atomic mass is 32.3. The summed E-state index contributed by atoms with van der Waals surface area (Å²) in [5, 5.41) is 1.08. The molecule has 0 spiro atoms. The molecule has 0 unspecified atom stereocenters. The fourth-order valence-corrected chi connectivity index (χ4v) is 2.21. The molecular weight excluding hydrogens is 288 g/mol. The van der Waals surface area contributed by atoms with E-state index in [1.165, 1.54) is 10.4 Å². The molecule has 104 valence electrons. The SMILES string of the molecule is NCCc1cnc(-c2ccccc2)s1.O=S(=O)(O)O. The van der Waals surface area contributed by atoms with Crippen LogP contribution in [0.5, 0.6) is 0 Å². The summed E-state index contributed by atoms with van der Waals surface area (Å²) in [4.78, 5) is 5.62. The molecule has 1 heterocycles. The number of nitrogens with zero attached hydrogens (tertiary/aromatic N) is 1. The van der Waals surface area contributed by atoms with Crippen molar-refractivity contribution in [3.63, 3.8) is 0 Å². The van der Waals surface area contributed by atoms with E-state index >= 15 is 0 Å². The van der Waals surface area contributed by atoms with Gasteiger partial charge in [0.25, 0.3) is 0 Å². The van der Waals surface area contributed by atoms with Crippen molar-refractivity contribution in [1.82, 2.24) is 4.98 Å². The average Bonchev–Trinajstić information content (AvgIpc) is 2.77. The molecule has 1 aromatic heterocycles. The Balaban J connectivity index is 0.000000312. The Labute approximate surface area is 115 Å². The maximum Gasteiger partial charge on any atom is 0.394 e. The van der Waals surface area contributed by atoms with Gasteiger partial charge in [-0.1, -0.05) is 30.3 Å². The van der Waals surface area contributed by atoms with Gasteiger partial charge in [0.1, 0.15) is 5.01 Å². The maximum atomic E-state index is 8.74. The van der Waals surface area contributed by atoms with Gasteiger partial charge in [-0.15, -0.1) is 11.3 Å². The molecule has 0 saturated carbocycles. The Kier molecular flexibility index (Phi) is 6.06. The second kappa shape index (κ2) is 7.31. The number of rotatable bonds is 3. The molecule has 6 nitrogen and oxygen atoms in total. The van der Waals surface area contributed by atoms with Crippen molar-refractivity contribution in [2.24, 2.45) is 5.73 Å². The molecule has 4 N–H and O–H groups in total. The summed E-state index contributed by atoms with van der Waals surface area (Å²) in [5.74, 6) is 0. The average molecular weight is 302 g/mol. The first-order chi connectivity index (χ1) is 8.90. The molecule has 8 heteroatoms. The third-order valence-electron chi connectivity index (χ3n) is 1.97. The molecule has 0 fully saturated rings. The van der Waals surface area contributed by atoms with Crippen LogP contribution in [0.2, 0.25) is 0 Å². The topological polar surface area (TPSA) is 114 Å². The molecular formula is C11H14N2O4S2. The lowest BCUT2D eigenvalue weighted by atomic mass is 10.2. The van der Waals surface area contributed by atoms with Crippen molar-refractivity contribution >= 4 is 21.7 Å². The molecule has 2 rings (SSSR count). The van der Waals surface area contributed by atoms with Crippen molar-refractivity contribution < 1.29 is 17.5 Å². The van der Waals surface area contributed by atoms with Gasteiger partial charge >= 0.3 is 10.4 Å². The largest absolute Gasteiger partial charge is 0.394 e. The second-order valence-corrected chi connectivity index (χ2v) is 5.50. The van der Waals surface area contributed by atoms with Gasteiger partial charge in [-0.25, -0.2) is 4.98 Å². The minimum atomic E-state index is -4.67. The molecule has 1 aromatic carbocycles. The summed E-state index contributed by atoms with van der Waals surface area (Å²) < 4.78 is 31.6. The van der Waals surface area contributed by atoms with E-state index in [0.29, 0.717) is 6.54 Å². The first kappa shape index (κ1) is 15.7. The molecule has 0 amide bonds. The highest BCUT2D eigenvalue weighted by Gasteiger charge is 2.02. The zero-order valence-corrected chi connectivity index (χ0v) is 11.6. The number of aromatic nitrogens is 1. The van der Waals surface area contributed by atoms with Crippen LogP contribution in [0.25, 0.3) is 10.6 Å². The molecule has 0 bridgehead atoms. The van der Waals surface area contributed by atoms with Crippen LogP contribution in [0.1, 0.15) is 4.88 Å². The smallest absolute Gasteiger partial charge is 0.330 e. The summed E-state index contributed by atoms with van der Waals surface area (Å²) in [6.07, 6.45) is 2.84. The van der Waals surface area contributed by atoms with E-state index in [2.05, 4.69) is 17.1 Å². The first-order valence-electron chi connectivity index (χ1n) is 5.30. The Morgan fingerprint density at radius 2 is 1.79 bits per heavy atom. The van der Waals surface area contributed by atoms with Gasteiger partial charge in [0.2, 0.25) is 0 Å². The van der Waals surface area contributed by atoms with Crippen molar-refractivity contribution in [2.75, 3.05) is 6.54 Å². The van der Waals surface area contributed by atoms with E-state index in [1.54, 1.807) is 11.3 Å². The van der Waals surface area contributed by atoms with E-state index in [4.69, 9.17) is 23.3 Å². The van der Waals surface area contributed by atoms with Crippen LogP contribution >= 0.6 is 11.3 Å². The van der Waals surface area contributed by atoms with Crippen LogP contribution in [0, 0.1) is 0 Å². The maximum absolute atomic E-state index is 8.74. The zero-order valence-electron chi connectivity index (χ0n) is 9.93. The molecule has 19 heavy (non-hydrogen) atoms. The van der Waals surface area contributed by atoms with E-state index in [0.717, 1.165) is 11.4 Å². The number of hydrogen-bond donors (Lipinski definition) is 3. The standard InChI is InChI=1S/C11H12N2S.H2O4S/c12-7-6-10-8-13-11(14-10)9-4-2-1-3-5-9;1-5(2,3)4/h1-5,8H,6-7,12H2;(H2,1,2,3,4). The lowest BCUT2D eigenvalue weighted by Crippen LogP contribution is -2.00. The molecule has 0 aliphatic rings. The number of benzene rings is 1. The summed E-state index contributed by atoms with van der Waals surface area (Å²) >= 11 is 1.72. The Bertz CT molecular complexity index is 588. The number of hydrogen-bond acceptors (Lipinski definition) is 5. The Morgan fingerprint density at radius 1 is 1.21 bits per heavy atom. The molecule has 0 aliphatic heterocycles. The summed E-state index contributed by atoms with van der Waals surface area (Å²) in [6.45, 7) is 0.691. The van der Waals surface area contributed by atoms with Crippen LogP contribution in [0.15, 0.2) is 36.5 Å². The summed E-state index contributed by atoms with van der Waals surface area (Å²) in [5.41, 5.74) is 6.67. The lowest BCUT2D eigenvalue weighted by molar-refractivity contribution is 0.381. The molecule has 0 aliphatic carbocycles. The van der Waals surface area contributed by atoms with Crippen molar-refractivity contribution in [2.45, 2.75) is 6.42 Å². The molecule has 0 radical (unpaired) electrons. The van der Waals surface area contributed by atoms with Gasteiger partial charge in [0, 0.05) is 16.6 Å². The number of thiazole rings is 1. The lowest BCUT2D eigenvalue weighted by Gasteiger charge is -1.93. The predicted molar refractivity (Wildman–Crippen MR) is 74.5 cm³/mol. The van der Waals surface area contributed by atoms with Gasteiger partial charge in [-0.2, -0.15) is 8.42 Å². The van der Waals surface area contributed by atoms with E-state index < -0.39 is 10.4 Å². The zero-order chi connectivity index (χ0) is 14.3. The van der Waals surface area contributed by atoms with Crippen LogP contribution in [0.3, 0.4) is 0 Å². The first-order valence-corrected chi connectivity index (χ1v) is 7.51. The predicted octanol–water partition coefficient (Wildman–Crippen LogP) is 1.66. The Morgan fingerprint density at radius 3 is 2.32 bits per heavy atom. The monoisotopic (exact) mass is 302 g/mol. The highest BCUT2D eigenvalue weighted by molar-refractivity contribution is 7.79. The normalized spacial score (nSPS) is 10.7. The van der Waals surface area contributed by atoms with Crippen LogP contribution in [-0.4, -0.2) is 29.1 Å². The van der Waals surface area contributed by atoms with Gasteiger partial charge in [0.05, 0.1) is 0 Å². The minimum absolute atomic E-state index is 0.691. The molecule has 0 atom stereocenters. The van der Waals surface area contributed by atoms with Crippen molar-refractivity contribution in [3.05, 3.63) is 41.4 Å². The second-order valence-electron chi connectivity index (χ2n) is 3.48. The van der Waals surface area contributed by atoms with E-state index in [9.17, 15) is 0 Å². The van der Waals surface area contributed by atoms with E-state index in [1.807, 2.05) is 24.4 Å². The minimum Gasteiger partial charge on any atom is -0.330 e. The van der Waals surface area contributed by atoms with Crippen LogP contribution in [0.4, 0.5) is 0 Å². The van der Waals surface area contributed by atoms with Gasteiger partial charge in [-0.3, -0.25) is 9.11 Å². The van der Waals surface area contributed by atoms with Crippen LogP contribution < -0.4 is 5.73 Å². The summed E-state index contributed by atoms with van der Waals surface area (Å²) in [7, 11) is -4.67. The Hall–Kier alpha value is -1.32. The van der Waals surface area contributed by atoms with Gasteiger partial charge < -0.3 is 5.73 Å². The van der Waals surface area contributed by atoms with E-state index in [-0.39, 0.29) is 0 Å². The van der Waals surface area contributed by atoms with Crippen molar-refractivity contribution in [3.8, 4) is 10.6 Å². The number of nitrogens with two attached hydrogens (primary N) is 1. The molecule has 0 saturated heterocycles. The van der Waals surface area contributed by atoms with Gasteiger partial charge in [0.15, 0.2) is 0 Å². The van der Waals surface area contributed by atoms with Crippen molar-refractivity contribution in [1.29, 1.82) is 0 Å². The fraction of sp³-hybridized carbons (Fsp3) is 0.182. The van der Waals surface area contributed by atoms with Gasteiger partial charge in [-0.05, 0) is 13.0 Å². The van der Waals surface area contributed by atoms with Crippen LogP contribution in [-0.2, 0) is 16.8 Å². The highest BCUT2D eigenvalue weighted by Crippen LogP contribution is 2.24. The fourth-order valence-electron chi connectivity index (χ4n) is 1.28.